The molecule has 3 rings (SSSR count). The van der Waals surface area contributed by atoms with Crippen LogP contribution in [0.2, 0.25) is 15.1 Å². The highest BCUT2D eigenvalue weighted by Crippen LogP contribution is 2.37. The lowest BCUT2D eigenvalue weighted by atomic mass is 9.94. The summed E-state index contributed by atoms with van der Waals surface area (Å²) in [6.45, 7) is 6.13. The van der Waals surface area contributed by atoms with Gasteiger partial charge in [0.05, 0.1) is 15.6 Å². The van der Waals surface area contributed by atoms with Crippen LogP contribution in [0.1, 0.15) is 48.2 Å². The maximum absolute atomic E-state index is 12.7. The number of rotatable bonds is 4. The normalized spacial score (nSPS) is 18.0. The van der Waals surface area contributed by atoms with Crippen LogP contribution < -0.4 is 10.1 Å². The number of nitrogens with one attached hydrogen (secondary N) is 1. The van der Waals surface area contributed by atoms with Crippen molar-refractivity contribution in [3.05, 3.63) is 62.1 Å². The lowest BCUT2D eigenvalue weighted by Crippen LogP contribution is -2.31. The Morgan fingerprint density at radius 3 is 2.44 bits per heavy atom. The van der Waals surface area contributed by atoms with Crippen LogP contribution in [0.15, 0.2) is 30.3 Å². The molecule has 0 fully saturated rings. The molecule has 1 amide bonds. The molecule has 1 aliphatic rings. The van der Waals surface area contributed by atoms with Gasteiger partial charge >= 0.3 is 0 Å². The summed E-state index contributed by atoms with van der Waals surface area (Å²) in [5, 5.41) is 3.68. The third-order valence-corrected chi connectivity index (χ3v) is 5.36. The number of halogens is 3. The van der Waals surface area contributed by atoms with E-state index in [0.29, 0.717) is 10.7 Å². The molecule has 0 aromatic heterocycles. The first kappa shape index (κ1) is 20.1. The van der Waals surface area contributed by atoms with E-state index in [9.17, 15) is 4.79 Å². The third kappa shape index (κ3) is 4.26. The molecule has 0 radical (unpaired) electrons. The highest BCUT2D eigenvalue weighted by molar-refractivity contribution is 6.42. The monoisotopic (exact) mass is 423 g/mol. The van der Waals surface area contributed by atoms with Gasteiger partial charge in [0.1, 0.15) is 11.4 Å². The molecule has 0 saturated heterocycles. The van der Waals surface area contributed by atoms with E-state index in [0.717, 1.165) is 29.7 Å². The molecular weight excluding hydrogens is 405 g/mol. The SMILES string of the molecule is CCCC1(C)C=Cc2cc(NC(=O)c3c(Cl)cc(Cl)cc3Cl)c(C)cc2O1. The van der Waals surface area contributed by atoms with Crippen molar-refractivity contribution in [1.82, 2.24) is 0 Å². The van der Waals surface area contributed by atoms with Gasteiger partial charge in [-0.3, -0.25) is 4.79 Å². The van der Waals surface area contributed by atoms with Gasteiger partial charge in [0.15, 0.2) is 0 Å². The van der Waals surface area contributed by atoms with Crippen LogP contribution >= 0.6 is 34.8 Å². The fourth-order valence-electron chi connectivity index (χ4n) is 3.18. The van der Waals surface area contributed by atoms with E-state index in [1.54, 1.807) is 0 Å². The standard InChI is InChI=1S/C21H20Cl3NO2/c1-4-6-21(3)7-5-13-9-17(12(2)8-18(13)27-21)25-20(26)19-15(23)10-14(22)11-16(19)24/h5,7-11H,4,6H2,1-3H3,(H,25,26). The number of carbonyl (C=O) groups is 1. The topological polar surface area (TPSA) is 38.3 Å². The Kier molecular flexibility index (Phi) is 5.76. The van der Waals surface area contributed by atoms with Crippen LogP contribution in [0.5, 0.6) is 5.75 Å². The van der Waals surface area contributed by atoms with E-state index in [-0.39, 0.29) is 27.1 Å². The van der Waals surface area contributed by atoms with Crippen LogP contribution in [0, 0.1) is 6.92 Å². The summed E-state index contributed by atoms with van der Waals surface area (Å²) < 4.78 is 6.18. The van der Waals surface area contributed by atoms with Crippen LogP contribution in [0.3, 0.4) is 0 Å². The fourth-order valence-corrected chi connectivity index (χ4v) is 4.17. The van der Waals surface area contributed by atoms with E-state index in [1.807, 2.05) is 25.1 Å². The van der Waals surface area contributed by atoms with Crippen molar-refractivity contribution in [2.24, 2.45) is 0 Å². The van der Waals surface area contributed by atoms with Crippen molar-refractivity contribution >= 4 is 52.5 Å². The first-order chi connectivity index (χ1) is 12.7. The zero-order chi connectivity index (χ0) is 19.8. The Labute approximate surface area is 174 Å². The largest absolute Gasteiger partial charge is 0.483 e. The van der Waals surface area contributed by atoms with Crippen LogP contribution in [0.4, 0.5) is 5.69 Å². The lowest BCUT2D eigenvalue weighted by Gasteiger charge is -2.32. The second-order valence-electron chi connectivity index (χ2n) is 6.90. The smallest absolute Gasteiger partial charge is 0.258 e. The number of aryl methyl sites for hydroxylation is 1. The molecule has 1 heterocycles. The number of amides is 1. The number of hydrogen-bond acceptors (Lipinski definition) is 2. The second kappa shape index (κ2) is 7.75. The molecule has 1 N–H and O–H groups in total. The average molecular weight is 425 g/mol. The minimum absolute atomic E-state index is 0.196. The fraction of sp³-hybridized carbons (Fsp3) is 0.286. The minimum atomic E-state index is -0.388. The molecule has 1 aliphatic heterocycles. The number of ether oxygens (including phenoxy) is 1. The van der Waals surface area contributed by atoms with Gasteiger partial charge in [-0.1, -0.05) is 54.2 Å². The van der Waals surface area contributed by atoms with Crippen molar-refractivity contribution < 1.29 is 9.53 Å². The molecule has 0 spiro atoms. The van der Waals surface area contributed by atoms with Crippen LogP contribution in [-0.4, -0.2) is 11.5 Å². The quantitative estimate of drug-likeness (QED) is 0.565. The molecule has 0 saturated carbocycles. The van der Waals surface area contributed by atoms with Crippen LogP contribution in [0.25, 0.3) is 6.08 Å². The summed E-state index contributed by atoms with van der Waals surface area (Å²) in [6, 6.07) is 6.82. The number of benzene rings is 2. The van der Waals surface area contributed by atoms with Gasteiger partial charge in [-0.15, -0.1) is 0 Å². The van der Waals surface area contributed by atoms with Crippen molar-refractivity contribution in [3.63, 3.8) is 0 Å². The van der Waals surface area contributed by atoms with E-state index in [4.69, 9.17) is 39.5 Å². The predicted molar refractivity (Wildman–Crippen MR) is 114 cm³/mol. The first-order valence-corrected chi connectivity index (χ1v) is 9.84. The Morgan fingerprint density at radius 2 is 1.81 bits per heavy atom. The molecule has 0 aliphatic carbocycles. The molecule has 1 unspecified atom stereocenters. The Hall–Kier alpha value is -1.68. The molecule has 6 heteroatoms. The van der Waals surface area contributed by atoms with Crippen LogP contribution in [-0.2, 0) is 0 Å². The molecule has 2 aromatic carbocycles. The number of carbonyl (C=O) groups excluding carboxylic acids is 1. The summed E-state index contributed by atoms with van der Waals surface area (Å²) in [6.07, 6.45) is 6.07. The van der Waals surface area contributed by atoms with Gasteiger partial charge in [-0.25, -0.2) is 0 Å². The highest BCUT2D eigenvalue weighted by Gasteiger charge is 2.27. The molecule has 3 nitrogen and oxygen atoms in total. The predicted octanol–water partition coefficient (Wildman–Crippen LogP) is 7.17. The Balaban J connectivity index is 1.89. The summed E-state index contributed by atoms with van der Waals surface area (Å²) in [5.41, 5.74) is 2.37. The number of hydrogen-bond donors (Lipinski definition) is 1. The average Bonchev–Trinajstić information content (AvgIpc) is 2.55. The first-order valence-electron chi connectivity index (χ1n) is 8.71. The van der Waals surface area contributed by atoms with Crippen molar-refractivity contribution in [2.45, 2.75) is 39.2 Å². The van der Waals surface area contributed by atoms with E-state index >= 15 is 0 Å². The summed E-state index contributed by atoms with van der Waals surface area (Å²) in [4.78, 5) is 12.7. The van der Waals surface area contributed by atoms with Gasteiger partial charge in [0.2, 0.25) is 0 Å². The number of anilines is 1. The third-order valence-electron chi connectivity index (χ3n) is 4.54. The zero-order valence-electron chi connectivity index (χ0n) is 15.3. The van der Waals surface area contributed by atoms with Gasteiger partial charge in [-0.05, 0) is 56.2 Å². The second-order valence-corrected chi connectivity index (χ2v) is 8.15. The van der Waals surface area contributed by atoms with Crippen molar-refractivity contribution in [3.8, 4) is 5.75 Å². The Bertz CT molecular complexity index is 916. The molecule has 142 valence electrons. The molecular formula is C21H20Cl3NO2. The molecule has 0 bridgehead atoms. The Morgan fingerprint density at radius 1 is 1.15 bits per heavy atom. The van der Waals surface area contributed by atoms with E-state index in [1.165, 1.54) is 12.1 Å². The lowest BCUT2D eigenvalue weighted by molar-refractivity contribution is 0.102. The maximum atomic E-state index is 12.7. The van der Waals surface area contributed by atoms with Gasteiger partial charge < -0.3 is 10.1 Å². The van der Waals surface area contributed by atoms with Gasteiger partial charge in [0.25, 0.3) is 5.91 Å². The minimum Gasteiger partial charge on any atom is -0.483 e. The summed E-state index contributed by atoms with van der Waals surface area (Å²) in [5.74, 6) is 0.424. The highest BCUT2D eigenvalue weighted by atomic mass is 35.5. The van der Waals surface area contributed by atoms with E-state index in [2.05, 4.69) is 25.2 Å². The zero-order valence-corrected chi connectivity index (χ0v) is 17.6. The van der Waals surface area contributed by atoms with E-state index < -0.39 is 0 Å². The van der Waals surface area contributed by atoms with Gasteiger partial charge in [-0.2, -0.15) is 0 Å². The summed E-state index contributed by atoms with van der Waals surface area (Å²) in [7, 11) is 0. The summed E-state index contributed by atoms with van der Waals surface area (Å²) >= 11 is 18.2. The molecule has 27 heavy (non-hydrogen) atoms. The number of fused-ring (bicyclic) bond motifs is 1. The molecule has 2 aromatic rings. The maximum Gasteiger partial charge on any atom is 0.258 e. The van der Waals surface area contributed by atoms with Crippen molar-refractivity contribution in [2.75, 3.05) is 5.32 Å². The van der Waals surface area contributed by atoms with Crippen molar-refractivity contribution in [1.29, 1.82) is 0 Å². The molecule has 1 atom stereocenters. The van der Waals surface area contributed by atoms with Gasteiger partial charge in [0, 0.05) is 16.3 Å².